The van der Waals surface area contributed by atoms with E-state index in [0.717, 1.165) is 18.4 Å². The zero-order chi connectivity index (χ0) is 18.6. The number of rotatable bonds is 6. The zero-order valence-corrected chi connectivity index (χ0v) is 14.6. The van der Waals surface area contributed by atoms with Gasteiger partial charge in [0.25, 0.3) is 5.91 Å². The van der Waals surface area contributed by atoms with Gasteiger partial charge >= 0.3 is 0 Å². The summed E-state index contributed by atoms with van der Waals surface area (Å²) in [5.74, 6) is -0.391. The fourth-order valence-electron chi connectivity index (χ4n) is 2.08. The average molecular weight is 368 g/mol. The van der Waals surface area contributed by atoms with E-state index in [4.69, 9.17) is 9.47 Å². The van der Waals surface area contributed by atoms with Crippen LogP contribution in [0.15, 0.2) is 36.4 Å². The summed E-state index contributed by atoms with van der Waals surface area (Å²) in [6.45, 7) is 0. The number of sulfonamides is 1. The minimum atomic E-state index is -3.59. The number of hydrogen-bond acceptors (Lipinski definition) is 5. The predicted octanol–water partition coefficient (Wildman–Crippen LogP) is 2.47. The SMILES string of the molecule is COc1ccc(C(=O)Nc2cc(F)ccc2NS(C)(=O)=O)cc1OC. The lowest BCUT2D eigenvalue weighted by Gasteiger charge is -2.13. The summed E-state index contributed by atoms with van der Waals surface area (Å²) in [4.78, 5) is 12.4. The van der Waals surface area contributed by atoms with Gasteiger partial charge in [0.05, 0.1) is 31.9 Å². The first-order valence-corrected chi connectivity index (χ1v) is 8.93. The highest BCUT2D eigenvalue weighted by atomic mass is 32.2. The van der Waals surface area contributed by atoms with Crippen molar-refractivity contribution in [2.24, 2.45) is 0 Å². The number of anilines is 2. The Morgan fingerprint density at radius 3 is 2.28 bits per heavy atom. The molecule has 25 heavy (non-hydrogen) atoms. The minimum Gasteiger partial charge on any atom is -0.493 e. The van der Waals surface area contributed by atoms with Crippen LogP contribution in [0.3, 0.4) is 0 Å². The van der Waals surface area contributed by atoms with Gasteiger partial charge < -0.3 is 14.8 Å². The lowest BCUT2D eigenvalue weighted by molar-refractivity contribution is 0.102. The van der Waals surface area contributed by atoms with Gasteiger partial charge in [-0.2, -0.15) is 0 Å². The van der Waals surface area contributed by atoms with Gasteiger partial charge in [-0.3, -0.25) is 9.52 Å². The molecule has 9 heteroatoms. The molecule has 0 aliphatic heterocycles. The van der Waals surface area contributed by atoms with Crippen molar-refractivity contribution in [3.05, 3.63) is 47.8 Å². The number of methoxy groups -OCH3 is 2. The van der Waals surface area contributed by atoms with Gasteiger partial charge in [-0.05, 0) is 36.4 Å². The Balaban J connectivity index is 2.33. The lowest BCUT2D eigenvalue weighted by Crippen LogP contribution is -2.16. The highest BCUT2D eigenvalue weighted by Gasteiger charge is 2.15. The molecule has 0 heterocycles. The third-order valence-corrected chi connectivity index (χ3v) is 3.76. The number of nitrogens with one attached hydrogen (secondary N) is 2. The fourth-order valence-corrected chi connectivity index (χ4v) is 2.66. The topological polar surface area (TPSA) is 93.7 Å². The van der Waals surface area contributed by atoms with E-state index in [0.29, 0.717) is 11.5 Å². The second-order valence-electron chi connectivity index (χ2n) is 5.09. The first-order valence-electron chi connectivity index (χ1n) is 7.04. The van der Waals surface area contributed by atoms with Crippen LogP contribution in [-0.4, -0.2) is 34.8 Å². The number of halogens is 1. The molecule has 2 rings (SSSR count). The van der Waals surface area contributed by atoms with Crippen LogP contribution >= 0.6 is 0 Å². The normalized spacial score (nSPS) is 10.9. The molecule has 0 atom stereocenters. The van der Waals surface area contributed by atoms with E-state index in [1.165, 1.54) is 32.4 Å². The Hall–Kier alpha value is -2.81. The van der Waals surface area contributed by atoms with Crippen molar-refractivity contribution in [2.45, 2.75) is 0 Å². The van der Waals surface area contributed by atoms with Crippen LogP contribution in [0.5, 0.6) is 11.5 Å². The van der Waals surface area contributed by atoms with Crippen molar-refractivity contribution in [2.75, 3.05) is 30.5 Å². The Labute approximate surface area is 144 Å². The number of benzene rings is 2. The van der Waals surface area contributed by atoms with Gasteiger partial charge in [0.1, 0.15) is 5.82 Å². The molecule has 2 aromatic rings. The number of amides is 1. The van der Waals surface area contributed by atoms with Crippen molar-refractivity contribution in [3.63, 3.8) is 0 Å². The Bertz CT molecular complexity index is 899. The molecular weight excluding hydrogens is 351 g/mol. The maximum absolute atomic E-state index is 13.5. The van der Waals surface area contributed by atoms with Crippen LogP contribution in [0.4, 0.5) is 15.8 Å². The van der Waals surface area contributed by atoms with Gasteiger partial charge in [-0.1, -0.05) is 0 Å². The van der Waals surface area contributed by atoms with Crippen LogP contribution in [-0.2, 0) is 10.0 Å². The summed E-state index contributed by atoms with van der Waals surface area (Å²) in [6.07, 6.45) is 0.955. The molecule has 2 aromatic carbocycles. The summed E-state index contributed by atoms with van der Waals surface area (Å²) in [5.41, 5.74) is 0.273. The third-order valence-electron chi connectivity index (χ3n) is 3.17. The first-order chi connectivity index (χ1) is 11.7. The van der Waals surface area contributed by atoms with Crippen LogP contribution < -0.4 is 19.5 Å². The smallest absolute Gasteiger partial charge is 0.255 e. The maximum Gasteiger partial charge on any atom is 0.255 e. The van der Waals surface area contributed by atoms with Crippen LogP contribution in [0.1, 0.15) is 10.4 Å². The summed E-state index contributed by atoms with van der Waals surface area (Å²) in [7, 11) is -0.696. The van der Waals surface area contributed by atoms with E-state index in [1.807, 2.05) is 0 Å². The highest BCUT2D eigenvalue weighted by molar-refractivity contribution is 7.92. The van der Waals surface area contributed by atoms with Crippen molar-refractivity contribution < 1.29 is 27.1 Å². The van der Waals surface area contributed by atoms with Crippen molar-refractivity contribution in [3.8, 4) is 11.5 Å². The molecule has 0 saturated carbocycles. The Morgan fingerprint density at radius 2 is 1.68 bits per heavy atom. The van der Waals surface area contributed by atoms with Crippen molar-refractivity contribution in [1.82, 2.24) is 0 Å². The van der Waals surface area contributed by atoms with Crippen LogP contribution in [0.2, 0.25) is 0 Å². The summed E-state index contributed by atoms with van der Waals surface area (Å²) in [6, 6.07) is 7.83. The second-order valence-corrected chi connectivity index (χ2v) is 6.84. The number of carbonyl (C=O) groups is 1. The van der Waals surface area contributed by atoms with Gasteiger partial charge in [0.15, 0.2) is 11.5 Å². The molecule has 0 spiro atoms. The molecule has 0 aromatic heterocycles. The molecule has 134 valence electrons. The van der Waals surface area contributed by atoms with Crippen LogP contribution in [0.25, 0.3) is 0 Å². The summed E-state index contributed by atoms with van der Waals surface area (Å²) < 4.78 is 48.7. The average Bonchev–Trinajstić information content (AvgIpc) is 2.55. The number of hydrogen-bond donors (Lipinski definition) is 2. The molecule has 0 aliphatic rings. The largest absolute Gasteiger partial charge is 0.493 e. The van der Waals surface area contributed by atoms with Gasteiger partial charge in [0, 0.05) is 5.56 Å². The van der Waals surface area contributed by atoms with E-state index in [2.05, 4.69) is 10.0 Å². The quantitative estimate of drug-likeness (QED) is 0.817. The molecule has 0 bridgehead atoms. The molecule has 0 fully saturated rings. The molecule has 0 unspecified atom stereocenters. The molecule has 2 N–H and O–H groups in total. The van der Waals surface area contributed by atoms with Gasteiger partial charge in [-0.25, -0.2) is 12.8 Å². The van der Waals surface area contributed by atoms with Gasteiger partial charge in [0.2, 0.25) is 10.0 Å². The standard InChI is InChI=1S/C16H17FN2O5S/c1-23-14-7-4-10(8-15(14)24-2)16(20)18-13-9-11(17)5-6-12(13)19-25(3,21)22/h4-9,19H,1-3H3,(H,18,20). The number of ether oxygens (including phenoxy) is 2. The first kappa shape index (κ1) is 18.5. The second kappa shape index (κ2) is 7.39. The van der Waals surface area contributed by atoms with E-state index in [9.17, 15) is 17.6 Å². The molecule has 7 nitrogen and oxygen atoms in total. The molecule has 1 amide bonds. The molecule has 0 radical (unpaired) electrons. The minimum absolute atomic E-state index is 0.00906. The van der Waals surface area contributed by atoms with Crippen LogP contribution in [0, 0.1) is 5.82 Å². The highest BCUT2D eigenvalue weighted by Crippen LogP contribution is 2.29. The van der Waals surface area contributed by atoms with Gasteiger partial charge in [-0.15, -0.1) is 0 Å². The number of carbonyl (C=O) groups excluding carboxylic acids is 1. The van der Waals surface area contributed by atoms with Crippen molar-refractivity contribution >= 4 is 27.3 Å². The zero-order valence-electron chi connectivity index (χ0n) is 13.8. The lowest BCUT2D eigenvalue weighted by atomic mass is 10.1. The molecule has 0 saturated heterocycles. The monoisotopic (exact) mass is 368 g/mol. The van der Waals surface area contributed by atoms with E-state index >= 15 is 0 Å². The van der Waals surface area contributed by atoms with Crippen molar-refractivity contribution in [1.29, 1.82) is 0 Å². The molecular formula is C16H17FN2O5S. The summed E-state index contributed by atoms with van der Waals surface area (Å²) in [5, 5.41) is 2.48. The predicted molar refractivity (Wildman–Crippen MR) is 92.4 cm³/mol. The van der Waals surface area contributed by atoms with E-state index in [1.54, 1.807) is 6.07 Å². The van der Waals surface area contributed by atoms with E-state index < -0.39 is 21.7 Å². The fraction of sp³-hybridized carbons (Fsp3) is 0.188. The Kier molecular flexibility index (Phi) is 5.48. The summed E-state index contributed by atoms with van der Waals surface area (Å²) >= 11 is 0. The third kappa shape index (κ3) is 4.83. The molecule has 0 aliphatic carbocycles. The maximum atomic E-state index is 13.5. The Morgan fingerprint density at radius 1 is 1.00 bits per heavy atom. The van der Waals surface area contributed by atoms with E-state index in [-0.39, 0.29) is 16.9 Å².